The molecule has 1 aromatic rings. The number of rotatable bonds is 10. The molecule has 0 spiro atoms. The predicted molar refractivity (Wildman–Crippen MR) is 86.4 cm³/mol. The van der Waals surface area contributed by atoms with Gasteiger partial charge in [0.1, 0.15) is 12.4 Å². The van der Waals surface area contributed by atoms with E-state index in [-0.39, 0.29) is 0 Å². The zero-order chi connectivity index (χ0) is 14.8. The molecule has 114 valence electrons. The molecule has 0 heterocycles. The Morgan fingerprint density at radius 1 is 1.10 bits per heavy atom. The number of nitrogens with two attached hydrogens (primary N) is 1. The third-order valence-corrected chi connectivity index (χ3v) is 3.51. The van der Waals surface area contributed by atoms with Gasteiger partial charge in [0.25, 0.3) is 0 Å². The molecule has 0 aliphatic carbocycles. The second kappa shape index (κ2) is 9.78. The van der Waals surface area contributed by atoms with Crippen LogP contribution in [-0.2, 0) is 0 Å². The smallest absolute Gasteiger partial charge is 0.125 e. The minimum atomic E-state index is 0.378. The minimum absolute atomic E-state index is 0.378. The van der Waals surface area contributed by atoms with Crippen molar-refractivity contribution in [2.75, 3.05) is 19.7 Å². The summed E-state index contributed by atoms with van der Waals surface area (Å²) in [5.41, 5.74) is 7.89. The van der Waals surface area contributed by atoms with Crippen LogP contribution >= 0.6 is 0 Å². The number of hydrogen-bond donors (Lipinski definition) is 2. The van der Waals surface area contributed by atoms with Crippen LogP contribution in [-0.4, -0.2) is 25.7 Å². The number of ether oxygens (including phenoxy) is 1. The number of hydrogen-bond acceptors (Lipinski definition) is 3. The van der Waals surface area contributed by atoms with E-state index < -0.39 is 0 Å². The lowest BCUT2D eigenvalue weighted by atomic mass is 10.1. The van der Waals surface area contributed by atoms with Crippen LogP contribution < -0.4 is 15.8 Å². The van der Waals surface area contributed by atoms with Gasteiger partial charge in [-0.15, -0.1) is 0 Å². The van der Waals surface area contributed by atoms with Gasteiger partial charge >= 0.3 is 0 Å². The fraction of sp³-hybridized carbons (Fsp3) is 0.647. The number of aryl methyl sites for hydroxylation is 2. The van der Waals surface area contributed by atoms with Crippen molar-refractivity contribution in [1.82, 2.24) is 5.32 Å². The van der Waals surface area contributed by atoms with Crippen molar-refractivity contribution in [2.24, 2.45) is 5.73 Å². The first kappa shape index (κ1) is 17.0. The molecule has 0 radical (unpaired) electrons. The van der Waals surface area contributed by atoms with Crippen molar-refractivity contribution in [3.8, 4) is 5.75 Å². The highest BCUT2D eigenvalue weighted by molar-refractivity contribution is 5.39. The van der Waals surface area contributed by atoms with Crippen molar-refractivity contribution >= 4 is 0 Å². The zero-order valence-electron chi connectivity index (χ0n) is 13.2. The molecular formula is C17H30N2O. The zero-order valence-corrected chi connectivity index (χ0v) is 13.2. The lowest BCUT2D eigenvalue weighted by molar-refractivity contribution is 0.269. The summed E-state index contributed by atoms with van der Waals surface area (Å²) in [7, 11) is 0. The van der Waals surface area contributed by atoms with Crippen LogP contribution in [0.3, 0.4) is 0 Å². The Kier molecular flexibility index (Phi) is 8.31. The van der Waals surface area contributed by atoms with Gasteiger partial charge in [0.2, 0.25) is 0 Å². The van der Waals surface area contributed by atoms with E-state index in [9.17, 15) is 0 Å². The average molecular weight is 278 g/mol. The van der Waals surface area contributed by atoms with Gasteiger partial charge in [0.15, 0.2) is 0 Å². The van der Waals surface area contributed by atoms with Gasteiger partial charge in [-0.3, -0.25) is 0 Å². The first-order chi connectivity index (χ1) is 9.65. The van der Waals surface area contributed by atoms with Gasteiger partial charge in [-0.1, -0.05) is 31.0 Å². The standard InChI is InChI=1S/C17H30N2O/c1-14-9-8-10-15(2)17(14)20-13-16(3)19-12-7-5-4-6-11-18/h8-10,16,19H,4-7,11-13,18H2,1-3H3. The van der Waals surface area contributed by atoms with Crippen LogP contribution in [0.1, 0.15) is 43.7 Å². The Bertz CT molecular complexity index is 359. The third kappa shape index (κ3) is 6.40. The minimum Gasteiger partial charge on any atom is -0.491 e. The topological polar surface area (TPSA) is 47.3 Å². The summed E-state index contributed by atoms with van der Waals surface area (Å²) < 4.78 is 5.95. The number of benzene rings is 1. The monoisotopic (exact) mass is 278 g/mol. The van der Waals surface area contributed by atoms with E-state index >= 15 is 0 Å². The van der Waals surface area contributed by atoms with Gasteiger partial charge in [-0.05, 0) is 57.8 Å². The Labute approximate surface area is 123 Å². The van der Waals surface area contributed by atoms with Crippen LogP contribution in [0.2, 0.25) is 0 Å². The number of unbranched alkanes of at least 4 members (excludes halogenated alkanes) is 3. The maximum Gasteiger partial charge on any atom is 0.125 e. The first-order valence-electron chi connectivity index (χ1n) is 7.77. The Balaban J connectivity index is 2.18. The first-order valence-corrected chi connectivity index (χ1v) is 7.77. The summed E-state index contributed by atoms with van der Waals surface area (Å²) in [5.74, 6) is 1.03. The molecule has 1 atom stereocenters. The van der Waals surface area contributed by atoms with E-state index in [0.29, 0.717) is 12.6 Å². The van der Waals surface area contributed by atoms with Crippen LogP contribution in [0.25, 0.3) is 0 Å². The fourth-order valence-electron chi connectivity index (χ4n) is 2.27. The molecule has 0 saturated heterocycles. The van der Waals surface area contributed by atoms with Crippen molar-refractivity contribution in [3.63, 3.8) is 0 Å². The molecule has 20 heavy (non-hydrogen) atoms. The fourth-order valence-corrected chi connectivity index (χ4v) is 2.27. The predicted octanol–water partition coefficient (Wildman–Crippen LogP) is 3.18. The van der Waals surface area contributed by atoms with Crippen LogP contribution in [0.5, 0.6) is 5.75 Å². The summed E-state index contributed by atoms with van der Waals surface area (Å²) >= 11 is 0. The van der Waals surface area contributed by atoms with Gasteiger partial charge < -0.3 is 15.8 Å². The molecule has 0 fully saturated rings. The molecule has 3 N–H and O–H groups in total. The van der Waals surface area contributed by atoms with E-state index in [1.54, 1.807) is 0 Å². The van der Waals surface area contributed by atoms with Crippen molar-refractivity contribution < 1.29 is 4.74 Å². The average Bonchev–Trinajstić information content (AvgIpc) is 2.42. The van der Waals surface area contributed by atoms with E-state index in [1.165, 1.54) is 30.4 Å². The van der Waals surface area contributed by atoms with Crippen molar-refractivity contribution in [1.29, 1.82) is 0 Å². The molecule has 0 aromatic heterocycles. The quantitative estimate of drug-likeness (QED) is 0.646. The second-order valence-electron chi connectivity index (χ2n) is 5.59. The van der Waals surface area contributed by atoms with Gasteiger partial charge in [0.05, 0.1) is 0 Å². The van der Waals surface area contributed by atoms with E-state index in [4.69, 9.17) is 10.5 Å². The Morgan fingerprint density at radius 2 is 1.75 bits per heavy atom. The summed E-state index contributed by atoms with van der Waals surface area (Å²) in [6, 6.07) is 6.64. The molecule has 0 aliphatic heterocycles. The highest BCUT2D eigenvalue weighted by atomic mass is 16.5. The summed E-state index contributed by atoms with van der Waals surface area (Å²) in [6.07, 6.45) is 4.86. The Morgan fingerprint density at radius 3 is 2.40 bits per heavy atom. The van der Waals surface area contributed by atoms with E-state index in [0.717, 1.165) is 25.3 Å². The third-order valence-electron chi connectivity index (χ3n) is 3.51. The summed E-state index contributed by atoms with van der Waals surface area (Å²) in [5, 5.41) is 3.51. The molecule has 0 saturated carbocycles. The molecular weight excluding hydrogens is 248 g/mol. The molecule has 3 heteroatoms. The van der Waals surface area contributed by atoms with E-state index in [1.807, 2.05) is 0 Å². The molecule has 0 amide bonds. The molecule has 3 nitrogen and oxygen atoms in total. The van der Waals surface area contributed by atoms with Crippen LogP contribution in [0, 0.1) is 13.8 Å². The molecule has 1 rings (SSSR count). The van der Waals surface area contributed by atoms with Gasteiger partial charge in [-0.2, -0.15) is 0 Å². The highest BCUT2D eigenvalue weighted by Gasteiger charge is 2.06. The maximum absolute atomic E-state index is 5.95. The van der Waals surface area contributed by atoms with Crippen LogP contribution in [0.15, 0.2) is 18.2 Å². The maximum atomic E-state index is 5.95. The lowest BCUT2D eigenvalue weighted by Gasteiger charge is -2.17. The normalized spacial score (nSPS) is 12.4. The molecule has 0 aliphatic rings. The summed E-state index contributed by atoms with van der Waals surface area (Å²) in [4.78, 5) is 0. The number of para-hydroxylation sites is 1. The van der Waals surface area contributed by atoms with Gasteiger partial charge in [-0.25, -0.2) is 0 Å². The highest BCUT2D eigenvalue weighted by Crippen LogP contribution is 2.22. The van der Waals surface area contributed by atoms with Crippen molar-refractivity contribution in [2.45, 2.75) is 52.5 Å². The molecule has 1 aromatic carbocycles. The molecule has 1 unspecified atom stereocenters. The lowest BCUT2D eigenvalue weighted by Crippen LogP contribution is -2.32. The second-order valence-corrected chi connectivity index (χ2v) is 5.59. The Hall–Kier alpha value is -1.06. The largest absolute Gasteiger partial charge is 0.491 e. The number of nitrogens with one attached hydrogen (secondary N) is 1. The van der Waals surface area contributed by atoms with Crippen LogP contribution in [0.4, 0.5) is 0 Å². The molecule has 0 bridgehead atoms. The van der Waals surface area contributed by atoms with E-state index in [2.05, 4.69) is 44.3 Å². The summed E-state index contributed by atoms with van der Waals surface area (Å²) in [6.45, 7) is 8.95. The van der Waals surface area contributed by atoms with Gasteiger partial charge in [0, 0.05) is 6.04 Å². The van der Waals surface area contributed by atoms with Crippen molar-refractivity contribution in [3.05, 3.63) is 29.3 Å². The SMILES string of the molecule is Cc1cccc(C)c1OCC(C)NCCCCCCN.